The molecule has 0 bridgehead atoms. The molecule has 0 radical (unpaired) electrons. The van der Waals surface area contributed by atoms with E-state index < -0.39 is 11.6 Å². The van der Waals surface area contributed by atoms with Gasteiger partial charge in [0, 0.05) is 29.6 Å². The number of nitrogens with zero attached hydrogens (tertiary/aromatic N) is 1. The zero-order valence-corrected chi connectivity index (χ0v) is 14.6. The number of halogens is 3. The normalized spacial score (nSPS) is 10.8. The number of aromatic nitrogens is 1. The number of rotatable bonds is 5. The van der Waals surface area contributed by atoms with Gasteiger partial charge in [-0.25, -0.2) is 13.8 Å². The molecular formula is C19H15ClF2N2O2. The van der Waals surface area contributed by atoms with E-state index in [4.69, 9.17) is 16.0 Å². The molecule has 4 nitrogen and oxygen atoms in total. The summed E-state index contributed by atoms with van der Waals surface area (Å²) in [5.41, 5.74) is 1.65. The van der Waals surface area contributed by atoms with Gasteiger partial charge in [0.05, 0.1) is 11.8 Å². The lowest BCUT2D eigenvalue weighted by molar-refractivity contribution is -0.116. The van der Waals surface area contributed by atoms with Crippen LogP contribution in [0.4, 0.5) is 14.5 Å². The van der Waals surface area contributed by atoms with Crippen molar-refractivity contribution in [3.8, 4) is 11.3 Å². The van der Waals surface area contributed by atoms with Crippen LogP contribution in [0.5, 0.6) is 0 Å². The monoisotopic (exact) mass is 376 g/mol. The largest absolute Gasteiger partial charge is 0.441 e. The van der Waals surface area contributed by atoms with E-state index in [1.54, 1.807) is 12.1 Å². The number of hydrogen-bond donors (Lipinski definition) is 1. The Morgan fingerprint density at radius 1 is 1.23 bits per heavy atom. The molecule has 0 unspecified atom stereocenters. The molecule has 0 aliphatic carbocycles. The number of benzene rings is 2. The van der Waals surface area contributed by atoms with Crippen molar-refractivity contribution in [3.63, 3.8) is 0 Å². The summed E-state index contributed by atoms with van der Waals surface area (Å²) >= 11 is 5.93. The molecule has 0 atom stereocenters. The van der Waals surface area contributed by atoms with Crippen LogP contribution in [-0.4, -0.2) is 10.9 Å². The quantitative estimate of drug-likeness (QED) is 0.669. The molecule has 3 aromatic rings. The van der Waals surface area contributed by atoms with E-state index >= 15 is 0 Å². The summed E-state index contributed by atoms with van der Waals surface area (Å²) in [6, 6.07) is 8.43. The molecule has 0 fully saturated rings. The van der Waals surface area contributed by atoms with Crippen molar-refractivity contribution in [3.05, 3.63) is 70.7 Å². The van der Waals surface area contributed by atoms with Gasteiger partial charge >= 0.3 is 0 Å². The maximum absolute atomic E-state index is 13.8. The van der Waals surface area contributed by atoms with Crippen LogP contribution in [0, 0.1) is 18.6 Å². The molecule has 7 heteroatoms. The topological polar surface area (TPSA) is 55.1 Å². The number of anilines is 1. The van der Waals surface area contributed by atoms with Crippen molar-refractivity contribution in [1.82, 2.24) is 4.98 Å². The fourth-order valence-corrected chi connectivity index (χ4v) is 2.57. The molecule has 1 N–H and O–H groups in total. The Balaban J connectivity index is 1.62. The van der Waals surface area contributed by atoms with E-state index in [0.29, 0.717) is 16.6 Å². The third kappa shape index (κ3) is 4.26. The molecule has 1 amide bonds. The zero-order chi connectivity index (χ0) is 18.7. The first-order valence-corrected chi connectivity index (χ1v) is 8.26. The smallest absolute Gasteiger partial charge is 0.224 e. The number of aryl methyl sites for hydroxylation is 2. The predicted octanol–water partition coefficient (Wildman–Crippen LogP) is 5.15. The number of nitrogens with one attached hydrogen (secondary N) is 1. The molecule has 0 spiro atoms. The fraction of sp³-hybridized carbons (Fsp3) is 0.158. The van der Waals surface area contributed by atoms with Crippen LogP contribution >= 0.6 is 11.6 Å². The summed E-state index contributed by atoms with van der Waals surface area (Å²) in [6.07, 6.45) is 1.73. The van der Waals surface area contributed by atoms with Gasteiger partial charge in [-0.05, 0) is 36.8 Å². The van der Waals surface area contributed by atoms with Gasteiger partial charge in [-0.3, -0.25) is 4.79 Å². The minimum Gasteiger partial charge on any atom is -0.441 e. The van der Waals surface area contributed by atoms with Gasteiger partial charge in [0.15, 0.2) is 11.7 Å². The van der Waals surface area contributed by atoms with Gasteiger partial charge in [-0.2, -0.15) is 0 Å². The standard InChI is InChI=1S/C19H15ClF2N2O2/c1-11-2-3-12(20)8-16(11)24-18(25)6-7-19-23-10-17(26-19)14-5-4-13(21)9-15(14)22/h2-5,8-10H,6-7H2,1H3,(H,24,25). The molecule has 0 aliphatic heterocycles. The summed E-state index contributed by atoms with van der Waals surface area (Å²) in [7, 11) is 0. The first-order valence-electron chi connectivity index (χ1n) is 7.88. The highest BCUT2D eigenvalue weighted by atomic mass is 35.5. The van der Waals surface area contributed by atoms with Gasteiger partial charge in [0.1, 0.15) is 11.6 Å². The lowest BCUT2D eigenvalue weighted by Gasteiger charge is -2.08. The van der Waals surface area contributed by atoms with Crippen molar-refractivity contribution >= 4 is 23.2 Å². The molecule has 26 heavy (non-hydrogen) atoms. The Bertz CT molecular complexity index is 956. The van der Waals surface area contributed by atoms with Crippen LogP contribution in [0.25, 0.3) is 11.3 Å². The minimum atomic E-state index is -0.734. The van der Waals surface area contributed by atoms with Crippen molar-refractivity contribution in [1.29, 1.82) is 0 Å². The van der Waals surface area contributed by atoms with Crippen LogP contribution < -0.4 is 5.32 Å². The number of carbonyl (C=O) groups is 1. The van der Waals surface area contributed by atoms with E-state index in [0.717, 1.165) is 17.7 Å². The Hall–Kier alpha value is -2.73. The average molecular weight is 377 g/mol. The predicted molar refractivity (Wildman–Crippen MR) is 95.0 cm³/mol. The summed E-state index contributed by atoms with van der Waals surface area (Å²) < 4.78 is 32.2. The van der Waals surface area contributed by atoms with Crippen LogP contribution in [0.1, 0.15) is 17.9 Å². The van der Waals surface area contributed by atoms with Crippen molar-refractivity contribution in [2.24, 2.45) is 0 Å². The maximum atomic E-state index is 13.8. The molecule has 1 heterocycles. The molecule has 3 rings (SSSR count). The second-order valence-corrected chi connectivity index (χ2v) is 6.19. The fourth-order valence-electron chi connectivity index (χ4n) is 2.40. The highest BCUT2D eigenvalue weighted by Gasteiger charge is 2.13. The maximum Gasteiger partial charge on any atom is 0.224 e. The van der Waals surface area contributed by atoms with Crippen LogP contribution in [0.2, 0.25) is 5.02 Å². The van der Waals surface area contributed by atoms with Crippen LogP contribution in [0.3, 0.4) is 0 Å². The highest BCUT2D eigenvalue weighted by molar-refractivity contribution is 6.31. The molecule has 0 saturated carbocycles. The van der Waals surface area contributed by atoms with Crippen molar-refractivity contribution in [2.75, 3.05) is 5.32 Å². The van der Waals surface area contributed by atoms with Gasteiger partial charge in [0.25, 0.3) is 0 Å². The Labute approximate surface area is 153 Å². The molecule has 2 aromatic carbocycles. The van der Waals surface area contributed by atoms with Gasteiger partial charge in [-0.1, -0.05) is 17.7 Å². The second-order valence-electron chi connectivity index (χ2n) is 5.75. The van der Waals surface area contributed by atoms with E-state index in [1.807, 2.05) is 13.0 Å². The third-order valence-corrected chi connectivity index (χ3v) is 4.02. The Kier molecular flexibility index (Phi) is 5.32. The van der Waals surface area contributed by atoms with E-state index in [2.05, 4.69) is 10.3 Å². The molecule has 0 saturated heterocycles. The SMILES string of the molecule is Cc1ccc(Cl)cc1NC(=O)CCc1ncc(-c2ccc(F)cc2F)o1. The summed E-state index contributed by atoms with van der Waals surface area (Å²) in [6.45, 7) is 1.86. The molecular weight excluding hydrogens is 362 g/mol. The van der Waals surface area contributed by atoms with E-state index in [9.17, 15) is 13.6 Å². The van der Waals surface area contributed by atoms with Crippen LogP contribution in [0.15, 0.2) is 47.0 Å². The summed E-state index contributed by atoms with van der Waals surface area (Å²) in [4.78, 5) is 16.1. The summed E-state index contributed by atoms with van der Waals surface area (Å²) in [5, 5.41) is 3.31. The Morgan fingerprint density at radius 2 is 2.04 bits per heavy atom. The lowest BCUT2D eigenvalue weighted by Crippen LogP contribution is -2.13. The molecule has 1 aromatic heterocycles. The average Bonchev–Trinajstić information content (AvgIpc) is 3.05. The summed E-state index contributed by atoms with van der Waals surface area (Å²) in [5.74, 6) is -1.14. The minimum absolute atomic E-state index is 0.115. The second kappa shape index (κ2) is 7.66. The van der Waals surface area contributed by atoms with Gasteiger partial charge < -0.3 is 9.73 Å². The zero-order valence-electron chi connectivity index (χ0n) is 13.9. The lowest BCUT2D eigenvalue weighted by atomic mass is 10.2. The first kappa shape index (κ1) is 18.1. The van der Waals surface area contributed by atoms with Gasteiger partial charge in [0.2, 0.25) is 5.91 Å². The van der Waals surface area contributed by atoms with Crippen molar-refractivity contribution < 1.29 is 18.0 Å². The van der Waals surface area contributed by atoms with Crippen molar-refractivity contribution in [2.45, 2.75) is 19.8 Å². The van der Waals surface area contributed by atoms with E-state index in [1.165, 1.54) is 12.3 Å². The highest BCUT2D eigenvalue weighted by Crippen LogP contribution is 2.25. The van der Waals surface area contributed by atoms with E-state index in [-0.39, 0.29) is 30.1 Å². The first-order chi connectivity index (χ1) is 12.4. The molecule has 0 aliphatic rings. The molecule has 134 valence electrons. The third-order valence-electron chi connectivity index (χ3n) is 3.79. The Morgan fingerprint density at radius 3 is 2.81 bits per heavy atom. The van der Waals surface area contributed by atoms with Gasteiger partial charge in [-0.15, -0.1) is 0 Å². The number of amides is 1. The number of carbonyl (C=O) groups excluding carboxylic acids is 1. The van der Waals surface area contributed by atoms with Crippen LogP contribution in [-0.2, 0) is 11.2 Å². The number of hydrogen-bond acceptors (Lipinski definition) is 3. The number of oxazole rings is 1.